The van der Waals surface area contributed by atoms with Crippen molar-refractivity contribution in [2.24, 2.45) is 0 Å². The molecule has 6 nitrogen and oxygen atoms in total. The number of amides is 2. The lowest BCUT2D eigenvalue weighted by Crippen LogP contribution is -3.15. The second-order valence-electron chi connectivity index (χ2n) is 6.96. The van der Waals surface area contributed by atoms with E-state index in [1.807, 2.05) is 24.3 Å². The van der Waals surface area contributed by atoms with Crippen molar-refractivity contribution >= 4 is 35.2 Å². The van der Waals surface area contributed by atoms with Crippen LogP contribution in [0.15, 0.2) is 60.7 Å². The first-order valence-electron chi connectivity index (χ1n) is 9.77. The Morgan fingerprint density at radius 3 is 2.41 bits per heavy atom. The fourth-order valence-electron chi connectivity index (χ4n) is 3.27. The number of benzene rings is 2. The Morgan fingerprint density at radius 2 is 1.69 bits per heavy atom. The van der Waals surface area contributed by atoms with Crippen molar-refractivity contribution in [3.8, 4) is 0 Å². The first-order chi connectivity index (χ1) is 14.1. The number of nitrogens with zero attached hydrogens (tertiary/aromatic N) is 1. The summed E-state index contributed by atoms with van der Waals surface area (Å²) in [5.41, 5.74) is 6.86. The molecular weight excluding hydrogens is 388 g/mol. The molecule has 2 aromatic carbocycles. The van der Waals surface area contributed by atoms with E-state index in [1.54, 1.807) is 12.1 Å². The minimum atomic E-state index is -0.401. The Balaban J connectivity index is 1.33. The number of hydrogen-bond donors (Lipinski definition) is 3. The van der Waals surface area contributed by atoms with E-state index in [4.69, 9.17) is 11.6 Å². The molecule has 2 aromatic rings. The third kappa shape index (κ3) is 6.62. The van der Waals surface area contributed by atoms with Crippen LogP contribution in [0.25, 0.3) is 6.08 Å². The predicted molar refractivity (Wildman–Crippen MR) is 116 cm³/mol. The molecule has 1 aliphatic heterocycles. The van der Waals surface area contributed by atoms with Crippen molar-refractivity contribution in [3.05, 3.63) is 71.3 Å². The molecule has 3 N–H and O–H groups in total. The number of para-hydroxylation sites is 1. The van der Waals surface area contributed by atoms with Crippen molar-refractivity contribution in [1.29, 1.82) is 0 Å². The highest BCUT2D eigenvalue weighted by Crippen LogP contribution is 2.16. The molecule has 1 saturated heterocycles. The molecule has 0 spiro atoms. The summed E-state index contributed by atoms with van der Waals surface area (Å²) in [4.78, 5) is 27.6. The van der Waals surface area contributed by atoms with E-state index in [0.717, 1.165) is 38.3 Å². The van der Waals surface area contributed by atoms with Crippen molar-refractivity contribution in [3.63, 3.8) is 0 Å². The van der Waals surface area contributed by atoms with Crippen LogP contribution in [0.5, 0.6) is 0 Å². The highest BCUT2D eigenvalue weighted by Gasteiger charge is 2.20. The summed E-state index contributed by atoms with van der Waals surface area (Å²) in [5, 5.41) is 0.566. The molecule has 0 atom stereocenters. The molecule has 3 rings (SSSR count). The van der Waals surface area contributed by atoms with Crippen LogP contribution in [0.2, 0.25) is 5.02 Å². The second-order valence-corrected chi connectivity index (χ2v) is 7.37. The average molecular weight is 414 g/mol. The Bertz CT molecular complexity index is 849. The minimum absolute atomic E-state index is 0.192. The molecular formula is C22H26ClN4O2+. The molecule has 1 aliphatic rings. The number of nitrogens with one attached hydrogen (secondary N) is 3. The van der Waals surface area contributed by atoms with Gasteiger partial charge in [-0.05, 0) is 29.8 Å². The van der Waals surface area contributed by atoms with Gasteiger partial charge in [0.25, 0.3) is 5.91 Å². The van der Waals surface area contributed by atoms with Gasteiger partial charge in [0.1, 0.15) is 0 Å². The number of rotatable bonds is 6. The molecule has 152 valence electrons. The standard InChI is InChI=1S/C22H25ClN4O2/c23-20-9-5-4-6-18(20)10-11-21(28)24-25-22(29)12-13-26-14-16-27(17-15-26)19-7-2-1-3-8-19/h1-11H,12-17H2,(H,24,28)(H,25,29)/p+1/b11-10+. The van der Waals surface area contributed by atoms with Crippen molar-refractivity contribution in [2.45, 2.75) is 6.42 Å². The van der Waals surface area contributed by atoms with Gasteiger partial charge in [-0.15, -0.1) is 0 Å². The van der Waals surface area contributed by atoms with Crippen LogP contribution in [-0.2, 0) is 9.59 Å². The zero-order chi connectivity index (χ0) is 20.5. The third-order valence-electron chi connectivity index (χ3n) is 4.94. The third-order valence-corrected chi connectivity index (χ3v) is 5.29. The molecule has 0 aromatic heterocycles. The summed E-state index contributed by atoms with van der Waals surface area (Å²) < 4.78 is 0. The van der Waals surface area contributed by atoms with Crippen molar-refractivity contribution in [2.75, 3.05) is 37.6 Å². The Kier molecular flexibility index (Phi) is 7.67. The molecule has 1 heterocycles. The van der Waals surface area contributed by atoms with E-state index >= 15 is 0 Å². The van der Waals surface area contributed by atoms with Gasteiger partial charge in [0, 0.05) is 16.8 Å². The van der Waals surface area contributed by atoms with Gasteiger partial charge >= 0.3 is 0 Å². The molecule has 29 heavy (non-hydrogen) atoms. The van der Waals surface area contributed by atoms with Crippen LogP contribution in [0, 0.1) is 0 Å². The van der Waals surface area contributed by atoms with E-state index in [0.29, 0.717) is 11.4 Å². The van der Waals surface area contributed by atoms with Crippen molar-refractivity contribution in [1.82, 2.24) is 10.9 Å². The lowest BCUT2D eigenvalue weighted by molar-refractivity contribution is -0.900. The summed E-state index contributed by atoms with van der Waals surface area (Å²) >= 11 is 6.04. The number of hydrogen-bond acceptors (Lipinski definition) is 3. The van der Waals surface area contributed by atoms with Gasteiger partial charge in [-0.25, -0.2) is 0 Å². The highest BCUT2D eigenvalue weighted by atomic mass is 35.5. The number of quaternary nitrogens is 1. The number of hydrazine groups is 1. The zero-order valence-electron chi connectivity index (χ0n) is 16.2. The van der Waals surface area contributed by atoms with E-state index in [1.165, 1.54) is 16.7 Å². The molecule has 0 unspecified atom stereocenters. The molecule has 0 radical (unpaired) electrons. The maximum absolute atomic E-state index is 12.0. The minimum Gasteiger partial charge on any atom is -0.360 e. The van der Waals surface area contributed by atoms with Gasteiger partial charge in [-0.3, -0.25) is 20.4 Å². The van der Waals surface area contributed by atoms with Crippen LogP contribution in [-0.4, -0.2) is 44.5 Å². The van der Waals surface area contributed by atoms with Crippen LogP contribution < -0.4 is 20.7 Å². The quantitative estimate of drug-likeness (QED) is 0.494. The smallest absolute Gasteiger partial charge is 0.262 e. The van der Waals surface area contributed by atoms with Gasteiger partial charge in [-0.1, -0.05) is 48.0 Å². The normalized spacial score (nSPS) is 14.7. The topological polar surface area (TPSA) is 65.9 Å². The van der Waals surface area contributed by atoms with E-state index in [-0.39, 0.29) is 5.91 Å². The zero-order valence-corrected chi connectivity index (χ0v) is 17.0. The maximum atomic E-state index is 12.0. The van der Waals surface area contributed by atoms with Gasteiger partial charge in [-0.2, -0.15) is 0 Å². The first-order valence-corrected chi connectivity index (χ1v) is 10.1. The van der Waals surface area contributed by atoms with Crippen molar-refractivity contribution < 1.29 is 14.5 Å². The summed E-state index contributed by atoms with van der Waals surface area (Å²) in [6.45, 7) is 4.69. The monoisotopic (exact) mass is 413 g/mol. The molecule has 1 fully saturated rings. The molecule has 2 amide bonds. The summed E-state index contributed by atoms with van der Waals surface area (Å²) in [6, 6.07) is 17.6. The highest BCUT2D eigenvalue weighted by molar-refractivity contribution is 6.32. The number of anilines is 1. The SMILES string of the molecule is O=C(/C=C/c1ccccc1Cl)NNC(=O)CC[NH+]1CCN(c2ccccc2)CC1. The predicted octanol–water partition coefficient (Wildman–Crippen LogP) is 1.30. The van der Waals surface area contributed by atoms with E-state index in [9.17, 15) is 9.59 Å². The van der Waals surface area contributed by atoms with E-state index < -0.39 is 5.91 Å². The van der Waals surface area contributed by atoms with Gasteiger partial charge in [0.2, 0.25) is 5.91 Å². The fraction of sp³-hybridized carbons (Fsp3) is 0.273. The Hall–Kier alpha value is -2.83. The maximum Gasteiger partial charge on any atom is 0.262 e. The van der Waals surface area contributed by atoms with Crippen LogP contribution in [0.1, 0.15) is 12.0 Å². The fourth-order valence-corrected chi connectivity index (χ4v) is 3.47. The number of carbonyl (C=O) groups excluding carboxylic acids is 2. The lowest BCUT2D eigenvalue weighted by atomic mass is 10.2. The lowest BCUT2D eigenvalue weighted by Gasteiger charge is -2.33. The first kappa shape index (κ1) is 20.9. The van der Waals surface area contributed by atoms with Gasteiger partial charge < -0.3 is 9.80 Å². The van der Waals surface area contributed by atoms with Crippen LogP contribution in [0.3, 0.4) is 0 Å². The summed E-state index contributed by atoms with van der Waals surface area (Å²) in [5.74, 6) is -0.593. The second kappa shape index (κ2) is 10.6. The number of piperazine rings is 1. The summed E-state index contributed by atoms with van der Waals surface area (Å²) in [7, 11) is 0. The Labute approximate surface area is 176 Å². The molecule has 7 heteroatoms. The van der Waals surface area contributed by atoms with Gasteiger partial charge in [0.15, 0.2) is 0 Å². The number of halogens is 1. The number of carbonyl (C=O) groups is 2. The molecule has 0 saturated carbocycles. The van der Waals surface area contributed by atoms with Crippen LogP contribution in [0.4, 0.5) is 5.69 Å². The average Bonchev–Trinajstić information content (AvgIpc) is 2.76. The summed E-state index contributed by atoms with van der Waals surface area (Å²) in [6.07, 6.45) is 3.32. The van der Waals surface area contributed by atoms with E-state index in [2.05, 4.69) is 40.0 Å². The molecule has 0 bridgehead atoms. The van der Waals surface area contributed by atoms with Crippen LogP contribution >= 0.6 is 11.6 Å². The molecule has 0 aliphatic carbocycles. The van der Waals surface area contributed by atoms with Gasteiger partial charge in [0.05, 0.1) is 39.1 Å². The Morgan fingerprint density at radius 1 is 1.00 bits per heavy atom. The largest absolute Gasteiger partial charge is 0.360 e.